The van der Waals surface area contributed by atoms with E-state index in [-0.39, 0.29) is 18.5 Å². The SMILES string of the molecule is CC(COCCC(C)OC1CCCCO1)OCc1ccccc1. The molecule has 0 saturated carbocycles. The van der Waals surface area contributed by atoms with Crippen molar-refractivity contribution in [2.45, 2.75) is 64.6 Å². The second-order valence-corrected chi connectivity index (χ2v) is 6.21. The maximum Gasteiger partial charge on any atom is 0.157 e. The van der Waals surface area contributed by atoms with Gasteiger partial charge in [0.25, 0.3) is 0 Å². The first-order valence-corrected chi connectivity index (χ1v) is 8.74. The Morgan fingerprint density at radius 2 is 1.96 bits per heavy atom. The molecule has 4 heteroatoms. The van der Waals surface area contributed by atoms with Crippen molar-refractivity contribution in [3.8, 4) is 0 Å². The molecule has 23 heavy (non-hydrogen) atoms. The molecule has 2 rings (SSSR count). The van der Waals surface area contributed by atoms with Crippen LogP contribution in [0.1, 0.15) is 45.1 Å². The van der Waals surface area contributed by atoms with E-state index in [2.05, 4.69) is 19.1 Å². The lowest BCUT2D eigenvalue weighted by molar-refractivity contribution is -0.187. The largest absolute Gasteiger partial charge is 0.379 e. The van der Waals surface area contributed by atoms with Gasteiger partial charge in [-0.2, -0.15) is 0 Å². The zero-order valence-corrected chi connectivity index (χ0v) is 14.4. The van der Waals surface area contributed by atoms with Crippen molar-refractivity contribution in [1.82, 2.24) is 0 Å². The van der Waals surface area contributed by atoms with Crippen LogP contribution in [0.4, 0.5) is 0 Å². The van der Waals surface area contributed by atoms with Crippen LogP contribution < -0.4 is 0 Å². The van der Waals surface area contributed by atoms with Crippen molar-refractivity contribution in [2.75, 3.05) is 19.8 Å². The smallest absolute Gasteiger partial charge is 0.157 e. The molecule has 1 fully saturated rings. The lowest BCUT2D eigenvalue weighted by Crippen LogP contribution is -2.27. The predicted molar refractivity (Wildman–Crippen MR) is 90.3 cm³/mol. The van der Waals surface area contributed by atoms with E-state index in [1.54, 1.807) is 0 Å². The number of benzene rings is 1. The highest BCUT2D eigenvalue weighted by Gasteiger charge is 2.17. The summed E-state index contributed by atoms with van der Waals surface area (Å²) in [5.74, 6) is 0. The Hall–Kier alpha value is -0.940. The molecule has 1 aliphatic rings. The van der Waals surface area contributed by atoms with E-state index in [9.17, 15) is 0 Å². The van der Waals surface area contributed by atoms with E-state index in [1.165, 1.54) is 12.0 Å². The Morgan fingerprint density at radius 1 is 1.13 bits per heavy atom. The predicted octanol–water partition coefficient (Wildman–Crippen LogP) is 3.93. The van der Waals surface area contributed by atoms with Crippen molar-refractivity contribution >= 4 is 0 Å². The lowest BCUT2D eigenvalue weighted by atomic mass is 10.2. The van der Waals surface area contributed by atoms with Crippen molar-refractivity contribution in [2.24, 2.45) is 0 Å². The first-order chi connectivity index (χ1) is 11.2. The van der Waals surface area contributed by atoms with E-state index in [0.29, 0.717) is 19.8 Å². The summed E-state index contributed by atoms with van der Waals surface area (Å²) < 4.78 is 22.9. The molecular formula is C19H30O4. The molecule has 0 N–H and O–H groups in total. The lowest BCUT2D eigenvalue weighted by Gasteiger charge is -2.26. The Balaban J connectivity index is 1.49. The molecule has 3 atom stereocenters. The van der Waals surface area contributed by atoms with Gasteiger partial charge in [0.15, 0.2) is 6.29 Å². The molecule has 0 radical (unpaired) electrons. The Morgan fingerprint density at radius 3 is 2.70 bits per heavy atom. The Bertz CT molecular complexity index is 403. The van der Waals surface area contributed by atoms with E-state index in [1.807, 2.05) is 25.1 Å². The first-order valence-electron chi connectivity index (χ1n) is 8.74. The molecular weight excluding hydrogens is 292 g/mol. The van der Waals surface area contributed by atoms with Gasteiger partial charge in [0.05, 0.1) is 25.4 Å². The highest BCUT2D eigenvalue weighted by Crippen LogP contribution is 2.16. The van der Waals surface area contributed by atoms with Crippen LogP contribution in [0, 0.1) is 0 Å². The van der Waals surface area contributed by atoms with Gasteiger partial charge in [0, 0.05) is 13.2 Å². The standard InChI is InChI=1S/C19H30O4/c1-16(23-19-10-6-7-12-21-19)11-13-20-14-17(2)22-15-18-8-4-3-5-9-18/h3-5,8-9,16-17,19H,6-7,10-15H2,1-2H3. The minimum Gasteiger partial charge on any atom is -0.379 e. The van der Waals surface area contributed by atoms with Crippen LogP contribution >= 0.6 is 0 Å². The molecule has 4 nitrogen and oxygen atoms in total. The van der Waals surface area contributed by atoms with Gasteiger partial charge in [-0.3, -0.25) is 0 Å². The molecule has 130 valence electrons. The number of hydrogen-bond donors (Lipinski definition) is 0. The van der Waals surface area contributed by atoms with E-state index >= 15 is 0 Å². The third-order valence-electron chi connectivity index (χ3n) is 3.92. The monoisotopic (exact) mass is 322 g/mol. The maximum atomic E-state index is 5.87. The van der Waals surface area contributed by atoms with Crippen LogP contribution in [-0.2, 0) is 25.6 Å². The van der Waals surface area contributed by atoms with Gasteiger partial charge in [0.1, 0.15) is 0 Å². The molecule has 1 saturated heterocycles. The van der Waals surface area contributed by atoms with Crippen LogP contribution in [0.25, 0.3) is 0 Å². The zero-order valence-electron chi connectivity index (χ0n) is 14.4. The van der Waals surface area contributed by atoms with Gasteiger partial charge in [-0.25, -0.2) is 0 Å². The minimum atomic E-state index is -0.0214. The summed E-state index contributed by atoms with van der Waals surface area (Å²) in [5.41, 5.74) is 1.19. The summed E-state index contributed by atoms with van der Waals surface area (Å²) in [4.78, 5) is 0. The normalized spacial score (nSPS) is 21.0. The van der Waals surface area contributed by atoms with Gasteiger partial charge in [-0.15, -0.1) is 0 Å². The van der Waals surface area contributed by atoms with Crippen molar-refractivity contribution in [1.29, 1.82) is 0 Å². The second-order valence-electron chi connectivity index (χ2n) is 6.21. The molecule has 1 heterocycles. The number of rotatable bonds is 10. The highest BCUT2D eigenvalue weighted by atomic mass is 16.7. The van der Waals surface area contributed by atoms with Crippen LogP contribution in [-0.4, -0.2) is 38.3 Å². The quantitative estimate of drug-likeness (QED) is 0.612. The summed E-state index contributed by atoms with van der Waals surface area (Å²) in [6.07, 6.45) is 4.47. The van der Waals surface area contributed by atoms with Crippen molar-refractivity contribution in [3.05, 3.63) is 35.9 Å². The Kier molecular flexibility index (Phi) is 8.61. The second kappa shape index (κ2) is 10.8. The Labute approximate surface area is 140 Å². The van der Waals surface area contributed by atoms with Gasteiger partial charge >= 0.3 is 0 Å². The van der Waals surface area contributed by atoms with Crippen LogP contribution in [0.2, 0.25) is 0 Å². The first kappa shape index (κ1) is 18.4. The zero-order chi connectivity index (χ0) is 16.3. The van der Waals surface area contributed by atoms with E-state index < -0.39 is 0 Å². The number of hydrogen-bond acceptors (Lipinski definition) is 4. The van der Waals surface area contributed by atoms with Crippen LogP contribution in [0.3, 0.4) is 0 Å². The third-order valence-corrected chi connectivity index (χ3v) is 3.92. The van der Waals surface area contributed by atoms with Crippen molar-refractivity contribution < 1.29 is 18.9 Å². The van der Waals surface area contributed by atoms with E-state index in [4.69, 9.17) is 18.9 Å². The summed E-state index contributed by atoms with van der Waals surface area (Å²) in [6, 6.07) is 10.2. The number of ether oxygens (including phenoxy) is 4. The van der Waals surface area contributed by atoms with Gasteiger partial charge in [-0.05, 0) is 45.1 Å². The summed E-state index contributed by atoms with van der Waals surface area (Å²) in [6.45, 7) is 6.87. The topological polar surface area (TPSA) is 36.9 Å². The summed E-state index contributed by atoms with van der Waals surface area (Å²) >= 11 is 0. The molecule has 0 spiro atoms. The summed E-state index contributed by atoms with van der Waals surface area (Å²) in [7, 11) is 0. The van der Waals surface area contributed by atoms with Gasteiger partial charge < -0.3 is 18.9 Å². The van der Waals surface area contributed by atoms with E-state index in [0.717, 1.165) is 25.9 Å². The average molecular weight is 322 g/mol. The molecule has 0 bridgehead atoms. The van der Waals surface area contributed by atoms with Crippen LogP contribution in [0.15, 0.2) is 30.3 Å². The maximum absolute atomic E-state index is 5.87. The molecule has 3 unspecified atom stereocenters. The average Bonchev–Trinajstić information content (AvgIpc) is 2.59. The molecule has 1 aromatic rings. The summed E-state index contributed by atoms with van der Waals surface area (Å²) in [5, 5.41) is 0. The van der Waals surface area contributed by atoms with Crippen LogP contribution in [0.5, 0.6) is 0 Å². The fourth-order valence-electron chi connectivity index (χ4n) is 2.51. The van der Waals surface area contributed by atoms with Gasteiger partial charge in [0.2, 0.25) is 0 Å². The molecule has 0 aromatic heterocycles. The fourth-order valence-corrected chi connectivity index (χ4v) is 2.51. The minimum absolute atomic E-state index is 0.0214. The fraction of sp³-hybridized carbons (Fsp3) is 0.684. The molecule has 0 amide bonds. The molecule has 1 aromatic carbocycles. The molecule has 1 aliphatic heterocycles. The highest BCUT2D eigenvalue weighted by molar-refractivity contribution is 5.13. The van der Waals surface area contributed by atoms with Gasteiger partial charge in [-0.1, -0.05) is 30.3 Å². The third kappa shape index (κ3) is 7.93. The van der Waals surface area contributed by atoms with Crippen molar-refractivity contribution in [3.63, 3.8) is 0 Å². The molecule has 0 aliphatic carbocycles.